The zero-order chi connectivity index (χ0) is 17.5. The maximum atomic E-state index is 12.5. The number of thioether (sulfide) groups is 1. The van der Waals surface area contributed by atoms with Crippen LogP contribution in [0, 0.1) is 0 Å². The molecule has 0 aromatic heterocycles. The predicted molar refractivity (Wildman–Crippen MR) is 84.5 cm³/mol. The van der Waals surface area contributed by atoms with Crippen molar-refractivity contribution in [1.82, 2.24) is 0 Å². The normalized spacial score (nSPS) is 14.9. The van der Waals surface area contributed by atoms with E-state index in [9.17, 15) is 26.4 Å². The fourth-order valence-corrected chi connectivity index (χ4v) is 3.82. The molecule has 2 aromatic carbocycles. The molecule has 126 valence electrons. The molecular formula is C15H10F3NO3S2. The number of anilines is 1. The number of alkyl halides is 3. The highest BCUT2D eigenvalue weighted by Gasteiger charge is 2.46. The number of hydrogen-bond donors (Lipinski definition) is 1. The molecule has 0 atom stereocenters. The molecule has 0 spiro atoms. The molecule has 1 amide bonds. The number of nitrogens with one attached hydrogen (secondary N) is 1. The highest BCUT2D eigenvalue weighted by atomic mass is 32.2. The van der Waals surface area contributed by atoms with Gasteiger partial charge < -0.3 is 5.32 Å². The van der Waals surface area contributed by atoms with Crippen molar-refractivity contribution in [2.24, 2.45) is 0 Å². The fourth-order valence-electron chi connectivity index (χ4n) is 2.21. The molecule has 0 saturated heterocycles. The largest absolute Gasteiger partial charge is 0.501 e. The Morgan fingerprint density at radius 3 is 2.25 bits per heavy atom. The average Bonchev–Trinajstić information content (AvgIpc) is 2.53. The van der Waals surface area contributed by atoms with E-state index in [2.05, 4.69) is 5.32 Å². The van der Waals surface area contributed by atoms with Crippen molar-refractivity contribution in [3.05, 3.63) is 42.5 Å². The molecule has 9 heteroatoms. The summed E-state index contributed by atoms with van der Waals surface area (Å²) in [7, 11) is -5.35. The molecule has 3 rings (SSSR count). The summed E-state index contributed by atoms with van der Waals surface area (Å²) in [5.74, 6) is 0.195. The van der Waals surface area contributed by atoms with Gasteiger partial charge in [0.15, 0.2) is 0 Å². The van der Waals surface area contributed by atoms with Gasteiger partial charge in [0.25, 0.3) is 9.84 Å². The maximum Gasteiger partial charge on any atom is 0.501 e. The standard InChI is InChI=1S/C15H10F3NO3S2/c16-15(17,18)24(21,22)11-4-1-9(2-5-11)10-3-6-12-13(7-10)23-8-14(20)19-12/h1-7H,8H2,(H,19,20). The Bertz CT molecular complexity index is 907. The van der Waals surface area contributed by atoms with Crippen molar-refractivity contribution in [2.75, 3.05) is 11.1 Å². The van der Waals surface area contributed by atoms with Crippen LogP contribution < -0.4 is 5.32 Å². The van der Waals surface area contributed by atoms with Gasteiger partial charge in [-0.05, 0) is 35.4 Å². The minimum absolute atomic E-state index is 0.0954. The summed E-state index contributed by atoms with van der Waals surface area (Å²) in [6.07, 6.45) is 0. The third kappa shape index (κ3) is 3.01. The third-order valence-corrected chi connectivity index (χ3v) is 5.97. The predicted octanol–water partition coefficient (Wildman–Crippen LogP) is 3.69. The molecule has 0 aliphatic carbocycles. The molecule has 1 aliphatic heterocycles. The summed E-state index contributed by atoms with van der Waals surface area (Å²) in [6.45, 7) is 0. The van der Waals surface area contributed by atoms with Gasteiger partial charge in [0.2, 0.25) is 5.91 Å². The lowest BCUT2D eigenvalue weighted by Gasteiger charge is -2.17. The summed E-state index contributed by atoms with van der Waals surface area (Å²) in [4.78, 5) is 11.4. The Kier molecular flexibility index (Phi) is 4.08. The second kappa shape index (κ2) is 5.82. The van der Waals surface area contributed by atoms with Gasteiger partial charge in [-0.2, -0.15) is 13.2 Å². The number of halogens is 3. The van der Waals surface area contributed by atoms with Crippen molar-refractivity contribution in [3.63, 3.8) is 0 Å². The number of amides is 1. The first-order valence-corrected chi connectivity index (χ1v) is 9.14. The van der Waals surface area contributed by atoms with Gasteiger partial charge >= 0.3 is 5.51 Å². The number of hydrogen-bond acceptors (Lipinski definition) is 4. The van der Waals surface area contributed by atoms with Crippen LogP contribution in [-0.2, 0) is 14.6 Å². The number of fused-ring (bicyclic) bond motifs is 1. The van der Waals surface area contributed by atoms with Crippen LogP contribution in [0.1, 0.15) is 0 Å². The molecule has 24 heavy (non-hydrogen) atoms. The summed E-state index contributed by atoms with van der Waals surface area (Å²) in [6, 6.07) is 9.73. The van der Waals surface area contributed by atoms with Gasteiger partial charge in [-0.15, -0.1) is 11.8 Å². The molecule has 2 aromatic rings. The van der Waals surface area contributed by atoms with E-state index in [-0.39, 0.29) is 5.91 Å². The van der Waals surface area contributed by atoms with Crippen LogP contribution in [0.5, 0.6) is 0 Å². The van der Waals surface area contributed by atoms with Gasteiger partial charge in [-0.1, -0.05) is 18.2 Å². The lowest BCUT2D eigenvalue weighted by molar-refractivity contribution is -0.113. The Balaban J connectivity index is 1.94. The van der Waals surface area contributed by atoms with E-state index in [0.29, 0.717) is 22.6 Å². The summed E-state index contributed by atoms with van der Waals surface area (Å²) < 4.78 is 60.3. The summed E-state index contributed by atoms with van der Waals surface area (Å²) in [5, 5.41) is 2.72. The minimum atomic E-state index is -5.35. The molecule has 1 heterocycles. The first-order valence-electron chi connectivity index (χ1n) is 6.67. The average molecular weight is 373 g/mol. The molecule has 0 unspecified atom stereocenters. The lowest BCUT2D eigenvalue weighted by Crippen LogP contribution is -2.23. The van der Waals surface area contributed by atoms with E-state index in [0.717, 1.165) is 17.0 Å². The van der Waals surface area contributed by atoms with Gasteiger partial charge in [0.1, 0.15) is 0 Å². The van der Waals surface area contributed by atoms with Crippen molar-refractivity contribution in [3.8, 4) is 11.1 Å². The minimum Gasteiger partial charge on any atom is -0.324 e. The van der Waals surface area contributed by atoms with Crippen molar-refractivity contribution < 1.29 is 26.4 Å². The van der Waals surface area contributed by atoms with Crippen molar-refractivity contribution in [2.45, 2.75) is 15.3 Å². The quantitative estimate of drug-likeness (QED) is 0.872. The SMILES string of the molecule is O=C1CSc2cc(-c3ccc(S(=O)(=O)C(F)(F)F)cc3)ccc2N1. The van der Waals surface area contributed by atoms with Crippen LogP contribution >= 0.6 is 11.8 Å². The molecule has 0 bridgehead atoms. The molecular weight excluding hydrogens is 363 g/mol. The Morgan fingerprint density at radius 1 is 1.00 bits per heavy atom. The van der Waals surface area contributed by atoms with Crippen molar-refractivity contribution >= 4 is 33.2 Å². The van der Waals surface area contributed by atoms with Crippen LogP contribution in [0.4, 0.5) is 18.9 Å². The first kappa shape index (κ1) is 16.8. The van der Waals surface area contributed by atoms with Crippen LogP contribution in [-0.4, -0.2) is 25.6 Å². The van der Waals surface area contributed by atoms with Crippen LogP contribution in [0.15, 0.2) is 52.3 Å². The maximum absolute atomic E-state index is 12.5. The van der Waals surface area contributed by atoms with E-state index in [1.54, 1.807) is 18.2 Å². The second-order valence-corrected chi connectivity index (χ2v) is 7.98. The Hall–Kier alpha value is -2.00. The molecule has 0 radical (unpaired) electrons. The summed E-state index contributed by atoms with van der Waals surface area (Å²) in [5.41, 5.74) is -3.35. The number of rotatable bonds is 2. The van der Waals surface area contributed by atoms with E-state index < -0.39 is 20.2 Å². The molecule has 0 fully saturated rings. The zero-order valence-corrected chi connectivity index (χ0v) is 13.6. The Morgan fingerprint density at radius 2 is 1.62 bits per heavy atom. The smallest absolute Gasteiger partial charge is 0.324 e. The molecule has 1 aliphatic rings. The van der Waals surface area contributed by atoms with Crippen LogP contribution in [0.25, 0.3) is 11.1 Å². The van der Waals surface area contributed by atoms with Gasteiger partial charge in [-0.3, -0.25) is 4.79 Å². The third-order valence-electron chi connectivity index (χ3n) is 3.42. The topological polar surface area (TPSA) is 63.2 Å². The van der Waals surface area contributed by atoms with E-state index in [1.807, 2.05) is 0 Å². The number of benzene rings is 2. The second-order valence-electron chi connectivity index (χ2n) is 5.02. The molecule has 4 nitrogen and oxygen atoms in total. The highest BCUT2D eigenvalue weighted by Crippen LogP contribution is 2.36. The molecule has 1 N–H and O–H groups in total. The van der Waals surface area contributed by atoms with Crippen molar-refractivity contribution in [1.29, 1.82) is 0 Å². The van der Waals surface area contributed by atoms with E-state index >= 15 is 0 Å². The Labute approximate surface area is 140 Å². The zero-order valence-electron chi connectivity index (χ0n) is 11.9. The van der Waals surface area contributed by atoms with E-state index in [1.165, 1.54) is 23.9 Å². The first-order chi connectivity index (χ1) is 11.2. The van der Waals surface area contributed by atoms with E-state index in [4.69, 9.17) is 0 Å². The lowest BCUT2D eigenvalue weighted by atomic mass is 10.1. The van der Waals surface area contributed by atoms with Gasteiger partial charge in [0, 0.05) is 4.90 Å². The van der Waals surface area contributed by atoms with Gasteiger partial charge in [0.05, 0.1) is 16.3 Å². The number of sulfone groups is 1. The number of carbonyl (C=O) groups excluding carboxylic acids is 1. The van der Waals surface area contributed by atoms with Crippen LogP contribution in [0.3, 0.4) is 0 Å². The highest BCUT2D eigenvalue weighted by molar-refractivity contribution is 8.00. The monoisotopic (exact) mass is 373 g/mol. The van der Waals surface area contributed by atoms with Crippen LogP contribution in [0.2, 0.25) is 0 Å². The summed E-state index contributed by atoms with van der Waals surface area (Å²) >= 11 is 1.36. The van der Waals surface area contributed by atoms with Gasteiger partial charge in [-0.25, -0.2) is 8.42 Å². The fraction of sp³-hybridized carbons (Fsp3) is 0.133. The number of carbonyl (C=O) groups is 1. The molecule has 0 saturated carbocycles.